The highest BCUT2D eigenvalue weighted by Crippen LogP contribution is 2.22. The van der Waals surface area contributed by atoms with Gasteiger partial charge in [0, 0.05) is 6.54 Å². The van der Waals surface area contributed by atoms with E-state index in [9.17, 15) is 13.5 Å². The van der Waals surface area contributed by atoms with Crippen molar-refractivity contribution < 1.29 is 23.4 Å². The lowest BCUT2D eigenvalue weighted by Crippen LogP contribution is -2.27. The maximum atomic E-state index is 11.8. The van der Waals surface area contributed by atoms with E-state index in [1.807, 2.05) is 0 Å². The zero-order valence-electron chi connectivity index (χ0n) is 9.67. The van der Waals surface area contributed by atoms with Crippen molar-refractivity contribution >= 4 is 15.7 Å². The molecule has 8 heteroatoms. The Morgan fingerprint density at radius 1 is 1.33 bits per heavy atom. The van der Waals surface area contributed by atoms with Crippen LogP contribution in [0.25, 0.3) is 0 Å². The van der Waals surface area contributed by atoms with E-state index in [1.54, 1.807) is 0 Å². The Hall–Kier alpha value is -1.35. The van der Waals surface area contributed by atoms with Crippen LogP contribution in [0.2, 0.25) is 0 Å². The maximum Gasteiger partial charge on any atom is 0.240 e. The summed E-state index contributed by atoms with van der Waals surface area (Å²) in [6.07, 6.45) is 0. The number of ether oxygens (including phenoxy) is 1. The van der Waals surface area contributed by atoms with Gasteiger partial charge in [0.2, 0.25) is 10.0 Å². The number of phenolic OH excluding ortho intramolecular Hbond substituents is 1. The van der Waals surface area contributed by atoms with Gasteiger partial charge in [0.25, 0.3) is 0 Å². The minimum Gasteiger partial charge on any atom is -0.506 e. The molecule has 0 saturated carbocycles. The summed E-state index contributed by atoms with van der Waals surface area (Å²) in [5.74, 6) is -0.166. The van der Waals surface area contributed by atoms with Crippen LogP contribution >= 0.6 is 0 Å². The Labute approximate surface area is 105 Å². The van der Waals surface area contributed by atoms with Crippen molar-refractivity contribution in [1.29, 1.82) is 0 Å². The number of nitrogen functional groups attached to an aromatic ring is 1. The molecular formula is C10H16N2O5S. The van der Waals surface area contributed by atoms with Crippen LogP contribution in [-0.2, 0) is 14.8 Å². The molecule has 0 fully saturated rings. The fraction of sp³-hybridized carbons (Fsp3) is 0.400. The van der Waals surface area contributed by atoms with Crippen LogP contribution in [-0.4, -0.2) is 45.0 Å². The second-order valence-corrected chi connectivity index (χ2v) is 5.22. The molecule has 1 aromatic carbocycles. The molecule has 0 heterocycles. The molecule has 102 valence electrons. The number of anilines is 1. The molecule has 0 aliphatic carbocycles. The molecule has 0 aromatic heterocycles. The van der Waals surface area contributed by atoms with Gasteiger partial charge in [0.1, 0.15) is 5.75 Å². The van der Waals surface area contributed by atoms with Gasteiger partial charge in [-0.05, 0) is 18.2 Å². The average molecular weight is 276 g/mol. The van der Waals surface area contributed by atoms with Gasteiger partial charge >= 0.3 is 0 Å². The third kappa shape index (κ3) is 4.15. The number of aliphatic hydroxyl groups is 1. The van der Waals surface area contributed by atoms with Gasteiger partial charge in [-0.2, -0.15) is 0 Å². The van der Waals surface area contributed by atoms with Crippen molar-refractivity contribution in [2.24, 2.45) is 0 Å². The number of aromatic hydroxyl groups is 1. The van der Waals surface area contributed by atoms with E-state index in [4.69, 9.17) is 15.6 Å². The van der Waals surface area contributed by atoms with Crippen molar-refractivity contribution in [1.82, 2.24) is 4.72 Å². The third-order valence-electron chi connectivity index (χ3n) is 2.08. The first-order valence-electron chi connectivity index (χ1n) is 5.24. The number of benzene rings is 1. The minimum absolute atomic E-state index is 0.00518. The first-order valence-corrected chi connectivity index (χ1v) is 6.72. The van der Waals surface area contributed by atoms with E-state index in [1.165, 1.54) is 18.2 Å². The zero-order chi connectivity index (χ0) is 13.6. The number of hydrogen-bond donors (Lipinski definition) is 4. The molecule has 5 N–H and O–H groups in total. The molecule has 0 saturated heterocycles. The van der Waals surface area contributed by atoms with Crippen molar-refractivity contribution in [3.8, 4) is 5.75 Å². The van der Waals surface area contributed by atoms with E-state index >= 15 is 0 Å². The SMILES string of the molecule is Nc1cc(S(=O)(=O)NCCOCCO)ccc1O. The highest BCUT2D eigenvalue weighted by Gasteiger charge is 2.14. The lowest BCUT2D eigenvalue weighted by Gasteiger charge is -2.08. The van der Waals surface area contributed by atoms with Gasteiger partial charge in [-0.1, -0.05) is 0 Å². The lowest BCUT2D eigenvalue weighted by molar-refractivity contribution is 0.0961. The smallest absolute Gasteiger partial charge is 0.240 e. The van der Waals surface area contributed by atoms with Crippen LogP contribution in [0.4, 0.5) is 5.69 Å². The lowest BCUT2D eigenvalue weighted by atomic mass is 10.3. The number of aliphatic hydroxyl groups excluding tert-OH is 1. The van der Waals surface area contributed by atoms with Crippen molar-refractivity contribution in [2.75, 3.05) is 32.1 Å². The summed E-state index contributed by atoms with van der Waals surface area (Å²) in [4.78, 5) is -0.0278. The van der Waals surface area contributed by atoms with E-state index in [0.29, 0.717) is 0 Å². The van der Waals surface area contributed by atoms with Gasteiger partial charge in [-0.25, -0.2) is 13.1 Å². The van der Waals surface area contributed by atoms with Gasteiger partial charge in [0.15, 0.2) is 0 Å². The number of sulfonamides is 1. The summed E-state index contributed by atoms with van der Waals surface area (Å²) < 4.78 is 30.8. The Bertz CT molecular complexity index is 489. The number of phenols is 1. The molecule has 18 heavy (non-hydrogen) atoms. The van der Waals surface area contributed by atoms with Crippen LogP contribution in [0.3, 0.4) is 0 Å². The Morgan fingerprint density at radius 2 is 2.06 bits per heavy atom. The topological polar surface area (TPSA) is 122 Å². The van der Waals surface area contributed by atoms with Gasteiger partial charge < -0.3 is 20.7 Å². The van der Waals surface area contributed by atoms with Crippen molar-refractivity contribution in [2.45, 2.75) is 4.90 Å². The quantitative estimate of drug-likeness (QED) is 0.296. The largest absolute Gasteiger partial charge is 0.506 e. The van der Waals surface area contributed by atoms with E-state index in [-0.39, 0.29) is 42.7 Å². The summed E-state index contributed by atoms with van der Waals surface area (Å²) in [5, 5.41) is 17.7. The van der Waals surface area contributed by atoms with Crippen LogP contribution in [0.1, 0.15) is 0 Å². The Balaban J connectivity index is 2.60. The second kappa shape index (κ2) is 6.55. The van der Waals surface area contributed by atoms with Crippen molar-refractivity contribution in [3.05, 3.63) is 18.2 Å². The number of nitrogens with two attached hydrogens (primary N) is 1. The van der Waals surface area contributed by atoms with Crippen LogP contribution < -0.4 is 10.5 Å². The molecule has 0 unspecified atom stereocenters. The van der Waals surface area contributed by atoms with Gasteiger partial charge in [0.05, 0.1) is 30.4 Å². The molecule has 1 aromatic rings. The van der Waals surface area contributed by atoms with Crippen molar-refractivity contribution in [3.63, 3.8) is 0 Å². The average Bonchev–Trinajstić information content (AvgIpc) is 2.32. The minimum atomic E-state index is -3.67. The second-order valence-electron chi connectivity index (χ2n) is 3.45. The van der Waals surface area contributed by atoms with E-state index in [0.717, 1.165) is 0 Å². The summed E-state index contributed by atoms with van der Waals surface area (Å²) >= 11 is 0. The molecule has 0 aliphatic heterocycles. The first kappa shape index (κ1) is 14.7. The standard InChI is InChI=1S/C10H16N2O5S/c11-9-7-8(1-2-10(9)14)18(15,16)12-3-5-17-6-4-13/h1-2,7,12-14H,3-6,11H2. The van der Waals surface area contributed by atoms with E-state index < -0.39 is 10.0 Å². The fourth-order valence-electron chi connectivity index (χ4n) is 1.20. The highest BCUT2D eigenvalue weighted by atomic mass is 32.2. The summed E-state index contributed by atoms with van der Waals surface area (Å²) in [6, 6.07) is 3.64. The van der Waals surface area contributed by atoms with Crippen LogP contribution in [0.5, 0.6) is 5.75 Å². The summed E-state index contributed by atoms with van der Waals surface area (Å²) in [7, 11) is -3.67. The predicted molar refractivity (Wildman–Crippen MR) is 65.6 cm³/mol. The maximum absolute atomic E-state index is 11.8. The molecule has 0 aliphatic rings. The number of rotatable bonds is 7. The molecule has 0 amide bonds. The number of hydrogen-bond acceptors (Lipinski definition) is 6. The van der Waals surface area contributed by atoms with Gasteiger partial charge in [-0.15, -0.1) is 0 Å². The molecular weight excluding hydrogens is 260 g/mol. The summed E-state index contributed by atoms with van der Waals surface area (Å²) in [6.45, 7) is 0.297. The molecule has 1 rings (SSSR count). The Morgan fingerprint density at radius 3 is 2.67 bits per heavy atom. The first-order chi connectivity index (χ1) is 8.47. The molecule has 7 nitrogen and oxygen atoms in total. The molecule has 0 radical (unpaired) electrons. The van der Waals surface area contributed by atoms with Crippen LogP contribution in [0, 0.1) is 0 Å². The van der Waals surface area contributed by atoms with Gasteiger partial charge in [-0.3, -0.25) is 0 Å². The molecule has 0 bridgehead atoms. The Kier molecular flexibility index (Phi) is 5.35. The molecule has 0 spiro atoms. The van der Waals surface area contributed by atoms with E-state index in [2.05, 4.69) is 4.72 Å². The normalized spacial score (nSPS) is 11.6. The zero-order valence-corrected chi connectivity index (χ0v) is 10.5. The third-order valence-corrected chi connectivity index (χ3v) is 3.54. The fourth-order valence-corrected chi connectivity index (χ4v) is 2.25. The predicted octanol–water partition coefficient (Wildman–Crippen LogP) is -0.738. The number of nitrogens with one attached hydrogen (secondary N) is 1. The monoisotopic (exact) mass is 276 g/mol. The molecule has 0 atom stereocenters. The highest BCUT2D eigenvalue weighted by molar-refractivity contribution is 7.89. The van der Waals surface area contributed by atoms with Crippen LogP contribution in [0.15, 0.2) is 23.1 Å². The summed E-state index contributed by atoms with van der Waals surface area (Å²) in [5.41, 5.74) is 5.41.